The van der Waals surface area contributed by atoms with Gasteiger partial charge in [0.15, 0.2) is 0 Å². The Labute approximate surface area is 113 Å². The Morgan fingerprint density at radius 1 is 1.21 bits per heavy atom. The molecule has 1 aliphatic heterocycles. The Kier molecular flexibility index (Phi) is 4.22. The van der Waals surface area contributed by atoms with Crippen LogP contribution in [0.2, 0.25) is 0 Å². The molecule has 1 aliphatic carbocycles. The Morgan fingerprint density at radius 3 is 2.21 bits per heavy atom. The number of carbonyl (C=O) groups is 3. The minimum absolute atomic E-state index is 0.0629. The van der Waals surface area contributed by atoms with Crippen molar-refractivity contribution >= 4 is 17.7 Å². The molecule has 5 nitrogen and oxygen atoms in total. The predicted molar refractivity (Wildman–Crippen MR) is 70.1 cm³/mol. The maximum absolute atomic E-state index is 12.2. The molecule has 2 unspecified atom stereocenters. The normalized spacial score (nSPS) is 26.8. The summed E-state index contributed by atoms with van der Waals surface area (Å²) in [5, 5.41) is 2.77. The van der Waals surface area contributed by atoms with Crippen molar-refractivity contribution in [1.82, 2.24) is 10.2 Å². The van der Waals surface area contributed by atoms with Crippen LogP contribution in [0.4, 0.5) is 0 Å². The molecule has 0 aromatic carbocycles. The Bertz CT molecular complexity index is 368. The van der Waals surface area contributed by atoms with E-state index in [1.807, 2.05) is 13.8 Å². The van der Waals surface area contributed by atoms with E-state index >= 15 is 0 Å². The molecular weight excluding hydrogens is 244 g/mol. The minimum atomic E-state index is -0.116. The second kappa shape index (κ2) is 5.72. The highest BCUT2D eigenvalue weighted by molar-refractivity contribution is 6.05. The van der Waals surface area contributed by atoms with E-state index in [2.05, 4.69) is 5.32 Å². The first-order valence-electron chi connectivity index (χ1n) is 7.15. The molecule has 3 amide bonds. The fraction of sp³-hybridized carbons (Fsp3) is 0.786. The summed E-state index contributed by atoms with van der Waals surface area (Å²) in [4.78, 5) is 37.2. The van der Waals surface area contributed by atoms with Gasteiger partial charge in [-0.25, -0.2) is 0 Å². The number of amides is 3. The standard InChI is InChI=1S/C14H22N2O3/c1-9(2)15-12(17)7-8-16-13(18)10-5-3-4-6-11(10)14(16)19/h9-11H,3-8H2,1-2H3,(H,15,17). The lowest BCUT2D eigenvalue weighted by Gasteiger charge is -2.19. The van der Waals surface area contributed by atoms with Gasteiger partial charge < -0.3 is 5.32 Å². The lowest BCUT2D eigenvalue weighted by atomic mass is 9.81. The molecule has 5 heteroatoms. The van der Waals surface area contributed by atoms with Gasteiger partial charge >= 0.3 is 0 Å². The third-order valence-electron chi connectivity index (χ3n) is 3.94. The van der Waals surface area contributed by atoms with Crippen LogP contribution in [-0.2, 0) is 14.4 Å². The van der Waals surface area contributed by atoms with E-state index in [4.69, 9.17) is 0 Å². The molecule has 0 radical (unpaired) electrons. The molecule has 0 bridgehead atoms. The summed E-state index contributed by atoms with van der Waals surface area (Å²) in [5.41, 5.74) is 0. The van der Waals surface area contributed by atoms with E-state index < -0.39 is 0 Å². The minimum Gasteiger partial charge on any atom is -0.354 e. The number of hydrogen-bond donors (Lipinski definition) is 1. The molecule has 1 N–H and O–H groups in total. The van der Waals surface area contributed by atoms with Crippen molar-refractivity contribution in [2.75, 3.05) is 6.54 Å². The Morgan fingerprint density at radius 2 is 1.74 bits per heavy atom. The molecule has 0 spiro atoms. The Balaban J connectivity index is 1.92. The van der Waals surface area contributed by atoms with Crippen LogP contribution in [0.15, 0.2) is 0 Å². The van der Waals surface area contributed by atoms with Gasteiger partial charge in [0.2, 0.25) is 17.7 Å². The summed E-state index contributed by atoms with van der Waals surface area (Å²) < 4.78 is 0. The second-order valence-electron chi connectivity index (χ2n) is 5.80. The molecule has 106 valence electrons. The second-order valence-corrected chi connectivity index (χ2v) is 5.80. The van der Waals surface area contributed by atoms with Crippen LogP contribution in [0, 0.1) is 11.8 Å². The zero-order valence-electron chi connectivity index (χ0n) is 11.6. The molecule has 0 aromatic rings. The first-order chi connectivity index (χ1) is 9.00. The number of nitrogens with one attached hydrogen (secondary N) is 1. The highest BCUT2D eigenvalue weighted by Gasteiger charge is 2.47. The van der Waals surface area contributed by atoms with Gasteiger partial charge in [0.25, 0.3) is 0 Å². The van der Waals surface area contributed by atoms with Crippen LogP contribution in [0.5, 0.6) is 0 Å². The largest absolute Gasteiger partial charge is 0.354 e. The van der Waals surface area contributed by atoms with Crippen molar-refractivity contribution in [3.63, 3.8) is 0 Å². The Hall–Kier alpha value is -1.39. The highest BCUT2D eigenvalue weighted by Crippen LogP contribution is 2.37. The molecule has 2 atom stereocenters. The van der Waals surface area contributed by atoms with Crippen LogP contribution in [0.3, 0.4) is 0 Å². The summed E-state index contributed by atoms with van der Waals surface area (Å²) in [7, 11) is 0. The van der Waals surface area contributed by atoms with Crippen molar-refractivity contribution < 1.29 is 14.4 Å². The zero-order chi connectivity index (χ0) is 14.0. The van der Waals surface area contributed by atoms with Gasteiger partial charge in [0.05, 0.1) is 11.8 Å². The lowest BCUT2D eigenvalue weighted by molar-refractivity contribution is -0.140. The van der Waals surface area contributed by atoms with Crippen molar-refractivity contribution in [3.8, 4) is 0 Å². The third kappa shape index (κ3) is 2.96. The number of likely N-dealkylation sites (tertiary alicyclic amines) is 1. The molecule has 2 rings (SSSR count). The van der Waals surface area contributed by atoms with Gasteiger partial charge in [-0.15, -0.1) is 0 Å². The molecule has 2 aliphatic rings. The maximum Gasteiger partial charge on any atom is 0.233 e. The number of imide groups is 1. The number of rotatable bonds is 4. The number of nitrogens with zero attached hydrogens (tertiary/aromatic N) is 1. The SMILES string of the molecule is CC(C)NC(=O)CCN1C(=O)C2CCCCC2C1=O. The van der Waals surface area contributed by atoms with Crippen LogP contribution in [0.1, 0.15) is 46.0 Å². The summed E-state index contributed by atoms with van der Waals surface area (Å²) in [6.07, 6.45) is 3.91. The topological polar surface area (TPSA) is 66.5 Å². The van der Waals surface area contributed by atoms with Crippen molar-refractivity contribution in [1.29, 1.82) is 0 Å². The van der Waals surface area contributed by atoms with Gasteiger partial charge in [0, 0.05) is 19.0 Å². The van der Waals surface area contributed by atoms with Crippen LogP contribution >= 0.6 is 0 Å². The average Bonchev–Trinajstić information content (AvgIpc) is 2.60. The van der Waals surface area contributed by atoms with Gasteiger partial charge in [-0.3, -0.25) is 19.3 Å². The molecule has 19 heavy (non-hydrogen) atoms. The molecule has 2 fully saturated rings. The van der Waals surface area contributed by atoms with Crippen molar-refractivity contribution in [3.05, 3.63) is 0 Å². The lowest BCUT2D eigenvalue weighted by Crippen LogP contribution is -2.37. The van der Waals surface area contributed by atoms with Gasteiger partial charge in [-0.1, -0.05) is 12.8 Å². The van der Waals surface area contributed by atoms with Gasteiger partial charge in [-0.05, 0) is 26.7 Å². The average molecular weight is 266 g/mol. The van der Waals surface area contributed by atoms with Gasteiger partial charge in [-0.2, -0.15) is 0 Å². The van der Waals surface area contributed by atoms with Gasteiger partial charge in [0.1, 0.15) is 0 Å². The van der Waals surface area contributed by atoms with Crippen LogP contribution in [-0.4, -0.2) is 35.2 Å². The first kappa shape index (κ1) is 14.0. The van der Waals surface area contributed by atoms with Crippen LogP contribution in [0.25, 0.3) is 0 Å². The third-order valence-corrected chi connectivity index (χ3v) is 3.94. The number of fused-ring (bicyclic) bond motifs is 1. The molecule has 1 heterocycles. The maximum atomic E-state index is 12.2. The van der Waals surface area contributed by atoms with E-state index in [1.165, 1.54) is 4.90 Å². The molecular formula is C14H22N2O3. The van der Waals surface area contributed by atoms with E-state index in [1.54, 1.807) is 0 Å². The summed E-state index contributed by atoms with van der Waals surface area (Å²) in [5.74, 6) is -0.464. The summed E-state index contributed by atoms with van der Waals surface area (Å²) in [6.45, 7) is 4.00. The van der Waals surface area contributed by atoms with Crippen molar-refractivity contribution in [2.24, 2.45) is 11.8 Å². The predicted octanol–water partition coefficient (Wildman–Crippen LogP) is 1.08. The summed E-state index contributed by atoms with van der Waals surface area (Å²) in [6, 6.07) is 0.0834. The molecule has 0 aromatic heterocycles. The van der Waals surface area contributed by atoms with Crippen LogP contribution < -0.4 is 5.32 Å². The first-order valence-corrected chi connectivity index (χ1v) is 7.15. The fourth-order valence-electron chi connectivity index (χ4n) is 3.06. The zero-order valence-corrected chi connectivity index (χ0v) is 11.6. The van der Waals surface area contributed by atoms with Crippen molar-refractivity contribution in [2.45, 2.75) is 52.0 Å². The fourth-order valence-corrected chi connectivity index (χ4v) is 3.06. The van der Waals surface area contributed by atoms with E-state index in [9.17, 15) is 14.4 Å². The highest BCUT2D eigenvalue weighted by atomic mass is 16.2. The van der Waals surface area contributed by atoms with E-state index in [0.717, 1.165) is 25.7 Å². The number of hydrogen-bond acceptors (Lipinski definition) is 3. The quantitative estimate of drug-likeness (QED) is 0.774. The van der Waals surface area contributed by atoms with E-state index in [0.29, 0.717) is 0 Å². The molecule has 1 saturated carbocycles. The molecule has 1 saturated heterocycles. The smallest absolute Gasteiger partial charge is 0.233 e. The monoisotopic (exact) mass is 266 g/mol. The summed E-state index contributed by atoms with van der Waals surface area (Å²) >= 11 is 0. The van der Waals surface area contributed by atoms with E-state index in [-0.39, 0.29) is 48.6 Å². The number of carbonyl (C=O) groups excluding carboxylic acids is 3.